The Morgan fingerprint density at radius 2 is 1.69 bits per heavy atom. The number of carbonyl (C=O) groups excluding carboxylic acids is 3. The smallest absolute Gasteiger partial charge is 0.309 e. The lowest BCUT2D eigenvalue weighted by Gasteiger charge is -2.30. The summed E-state index contributed by atoms with van der Waals surface area (Å²) in [5.74, 6) is -2.04. The fourth-order valence-electron chi connectivity index (χ4n) is 3.47. The molecule has 3 rings (SSSR count). The number of ether oxygens (including phenoxy) is 1. The fourth-order valence-corrected chi connectivity index (χ4v) is 5.13. The average Bonchev–Trinajstić information content (AvgIpc) is 2.78. The number of ketones is 1. The number of halogens is 1. The van der Waals surface area contributed by atoms with Crippen molar-refractivity contribution in [3.8, 4) is 0 Å². The zero-order valence-corrected chi connectivity index (χ0v) is 18.9. The number of rotatable bonds is 7. The number of carbonyl (C=O) groups is 3. The molecule has 1 saturated heterocycles. The van der Waals surface area contributed by atoms with Crippen molar-refractivity contribution >= 4 is 39.3 Å². The highest BCUT2D eigenvalue weighted by molar-refractivity contribution is 7.89. The Morgan fingerprint density at radius 1 is 1.06 bits per heavy atom. The van der Waals surface area contributed by atoms with E-state index >= 15 is 0 Å². The molecule has 0 bridgehead atoms. The van der Waals surface area contributed by atoms with E-state index in [0.717, 1.165) is 0 Å². The van der Waals surface area contributed by atoms with Gasteiger partial charge in [0.05, 0.1) is 10.8 Å². The number of nitrogens with zero attached hydrogens (tertiary/aromatic N) is 1. The van der Waals surface area contributed by atoms with Crippen LogP contribution < -0.4 is 5.73 Å². The predicted molar refractivity (Wildman–Crippen MR) is 118 cm³/mol. The second kappa shape index (κ2) is 9.81. The zero-order valence-electron chi connectivity index (χ0n) is 17.4. The van der Waals surface area contributed by atoms with Crippen molar-refractivity contribution < 1.29 is 27.5 Å². The quantitative estimate of drug-likeness (QED) is 0.482. The summed E-state index contributed by atoms with van der Waals surface area (Å²) in [4.78, 5) is 36.2. The minimum Gasteiger partial charge on any atom is -0.454 e. The van der Waals surface area contributed by atoms with Crippen molar-refractivity contribution in [1.29, 1.82) is 0 Å². The van der Waals surface area contributed by atoms with Gasteiger partial charge in [0.15, 0.2) is 6.10 Å². The highest BCUT2D eigenvalue weighted by Crippen LogP contribution is 2.25. The van der Waals surface area contributed by atoms with E-state index in [1.807, 2.05) is 0 Å². The molecule has 1 aliphatic rings. The first-order valence-corrected chi connectivity index (χ1v) is 11.8. The summed E-state index contributed by atoms with van der Waals surface area (Å²) in [5, 5.41) is 0.409. The molecule has 2 aromatic rings. The van der Waals surface area contributed by atoms with E-state index in [0.29, 0.717) is 10.6 Å². The predicted octanol–water partition coefficient (Wildman–Crippen LogP) is 2.65. The van der Waals surface area contributed by atoms with Crippen molar-refractivity contribution in [2.75, 3.05) is 13.1 Å². The SMILES string of the molecule is CC(OC(=O)C1CCN(S(=O)(=O)c2ccc(C(N)=O)cc2)CC1)C(=O)c1cccc(Cl)c1. The van der Waals surface area contributed by atoms with Gasteiger partial charge in [0.1, 0.15) is 0 Å². The van der Waals surface area contributed by atoms with Crippen LogP contribution in [0.25, 0.3) is 0 Å². The van der Waals surface area contributed by atoms with Gasteiger partial charge in [-0.2, -0.15) is 4.31 Å². The first-order valence-electron chi connectivity index (χ1n) is 10.00. The number of Topliss-reactive ketones (excluding diaryl/α,β-unsaturated/α-hetero) is 1. The zero-order chi connectivity index (χ0) is 23.5. The van der Waals surface area contributed by atoms with Gasteiger partial charge in [-0.1, -0.05) is 23.7 Å². The van der Waals surface area contributed by atoms with Crippen LogP contribution in [0.1, 0.15) is 40.5 Å². The van der Waals surface area contributed by atoms with Gasteiger partial charge in [0, 0.05) is 29.2 Å². The summed E-state index contributed by atoms with van der Waals surface area (Å²) in [5.41, 5.74) is 5.75. The number of primary amides is 1. The van der Waals surface area contributed by atoms with Crippen LogP contribution in [0.3, 0.4) is 0 Å². The van der Waals surface area contributed by atoms with E-state index in [1.54, 1.807) is 18.2 Å². The molecule has 1 amide bonds. The molecule has 2 N–H and O–H groups in total. The lowest BCUT2D eigenvalue weighted by atomic mass is 9.98. The standard InChI is InChI=1S/C22H23ClN2O6S/c1-14(20(26)17-3-2-4-18(23)13-17)31-22(28)16-9-11-25(12-10-16)32(29,30)19-7-5-15(6-8-19)21(24)27/h2-8,13-14,16H,9-12H2,1H3,(H2,24,27). The third kappa shape index (κ3) is 5.35. The molecule has 1 aliphatic heterocycles. The molecule has 0 aliphatic carbocycles. The van der Waals surface area contributed by atoms with Crippen molar-refractivity contribution in [2.24, 2.45) is 11.7 Å². The number of esters is 1. The van der Waals surface area contributed by atoms with E-state index < -0.39 is 33.9 Å². The lowest BCUT2D eigenvalue weighted by molar-refractivity contribution is -0.152. The molecule has 1 fully saturated rings. The summed E-state index contributed by atoms with van der Waals surface area (Å²) in [6.45, 7) is 1.77. The number of hydrogen-bond acceptors (Lipinski definition) is 6. The first-order chi connectivity index (χ1) is 15.1. The van der Waals surface area contributed by atoms with Crippen LogP contribution in [-0.4, -0.2) is 49.6 Å². The number of amides is 1. The lowest BCUT2D eigenvalue weighted by Crippen LogP contribution is -2.41. The Morgan fingerprint density at radius 3 is 2.25 bits per heavy atom. The van der Waals surface area contributed by atoms with Gasteiger partial charge in [-0.25, -0.2) is 8.42 Å². The van der Waals surface area contributed by atoms with Gasteiger partial charge in [-0.3, -0.25) is 14.4 Å². The molecule has 1 heterocycles. The first kappa shape index (κ1) is 23.9. The summed E-state index contributed by atoms with van der Waals surface area (Å²) in [7, 11) is -3.77. The largest absolute Gasteiger partial charge is 0.454 e. The normalized spacial score (nSPS) is 16.3. The Hall–Kier alpha value is -2.75. The van der Waals surface area contributed by atoms with Gasteiger partial charge >= 0.3 is 5.97 Å². The highest BCUT2D eigenvalue weighted by Gasteiger charge is 2.34. The van der Waals surface area contributed by atoms with Crippen LogP contribution in [0.5, 0.6) is 0 Å². The van der Waals surface area contributed by atoms with Crippen LogP contribution in [0.15, 0.2) is 53.4 Å². The number of benzene rings is 2. The third-order valence-electron chi connectivity index (χ3n) is 5.34. The van der Waals surface area contributed by atoms with Gasteiger partial charge < -0.3 is 10.5 Å². The molecule has 170 valence electrons. The molecule has 1 atom stereocenters. The summed E-state index contributed by atoms with van der Waals surface area (Å²) < 4.78 is 32.3. The van der Waals surface area contributed by atoms with Gasteiger partial charge in [0.2, 0.25) is 21.7 Å². The van der Waals surface area contributed by atoms with E-state index in [2.05, 4.69) is 0 Å². The maximum atomic E-state index is 12.8. The molecule has 0 spiro atoms. The molecular weight excluding hydrogens is 456 g/mol. The second-order valence-electron chi connectivity index (χ2n) is 7.52. The van der Waals surface area contributed by atoms with Crippen LogP contribution in [0.4, 0.5) is 0 Å². The molecule has 0 aromatic heterocycles. The molecule has 0 saturated carbocycles. The number of sulfonamides is 1. The van der Waals surface area contributed by atoms with Crippen LogP contribution in [-0.2, 0) is 19.6 Å². The second-order valence-corrected chi connectivity index (χ2v) is 9.90. The topological polar surface area (TPSA) is 124 Å². The van der Waals surface area contributed by atoms with Crippen molar-refractivity contribution in [2.45, 2.75) is 30.8 Å². The van der Waals surface area contributed by atoms with Crippen LogP contribution in [0.2, 0.25) is 5.02 Å². The van der Waals surface area contributed by atoms with Crippen molar-refractivity contribution in [1.82, 2.24) is 4.31 Å². The molecule has 1 unspecified atom stereocenters. The van der Waals surface area contributed by atoms with Crippen molar-refractivity contribution in [3.05, 3.63) is 64.7 Å². The molecule has 2 aromatic carbocycles. The van der Waals surface area contributed by atoms with E-state index in [-0.39, 0.29) is 42.2 Å². The minimum absolute atomic E-state index is 0.0456. The minimum atomic E-state index is -3.77. The highest BCUT2D eigenvalue weighted by atomic mass is 35.5. The molecule has 0 radical (unpaired) electrons. The van der Waals surface area contributed by atoms with Crippen LogP contribution >= 0.6 is 11.6 Å². The molecule has 8 nitrogen and oxygen atoms in total. The van der Waals surface area contributed by atoms with Gasteiger partial charge in [0.25, 0.3) is 0 Å². The van der Waals surface area contributed by atoms with Gasteiger partial charge in [-0.15, -0.1) is 0 Å². The maximum Gasteiger partial charge on any atom is 0.309 e. The molecule has 32 heavy (non-hydrogen) atoms. The Labute approximate surface area is 191 Å². The molecular formula is C22H23ClN2O6S. The van der Waals surface area contributed by atoms with E-state index in [4.69, 9.17) is 22.1 Å². The Balaban J connectivity index is 1.58. The Kier molecular flexibility index (Phi) is 7.33. The fraction of sp³-hybridized carbons (Fsp3) is 0.318. The Bertz CT molecular complexity index is 1130. The average molecular weight is 479 g/mol. The summed E-state index contributed by atoms with van der Waals surface area (Å²) in [6, 6.07) is 11.8. The summed E-state index contributed by atoms with van der Waals surface area (Å²) >= 11 is 5.90. The monoisotopic (exact) mass is 478 g/mol. The molecule has 10 heteroatoms. The number of nitrogens with two attached hydrogens (primary N) is 1. The maximum absolute atomic E-state index is 12.8. The van der Waals surface area contributed by atoms with E-state index in [9.17, 15) is 22.8 Å². The van der Waals surface area contributed by atoms with Crippen molar-refractivity contribution in [3.63, 3.8) is 0 Å². The summed E-state index contributed by atoms with van der Waals surface area (Å²) in [6.07, 6.45) is -0.433. The third-order valence-corrected chi connectivity index (χ3v) is 7.48. The van der Waals surface area contributed by atoms with Crippen LogP contribution in [0, 0.1) is 5.92 Å². The van der Waals surface area contributed by atoms with E-state index in [1.165, 1.54) is 41.6 Å². The number of hydrogen-bond donors (Lipinski definition) is 1. The number of piperidine rings is 1. The van der Waals surface area contributed by atoms with Gasteiger partial charge in [-0.05, 0) is 56.2 Å².